The number of nitrogens with zero attached hydrogens (tertiary/aromatic N) is 1. The van der Waals surface area contributed by atoms with E-state index in [1.54, 1.807) is 19.9 Å². The fourth-order valence-corrected chi connectivity index (χ4v) is 2.32. The highest BCUT2D eigenvalue weighted by Gasteiger charge is 2.51. The molecule has 1 heterocycles. The lowest BCUT2D eigenvalue weighted by atomic mass is 10.0. The summed E-state index contributed by atoms with van der Waals surface area (Å²) in [6, 6.07) is -1.04. The Labute approximate surface area is 126 Å². The van der Waals surface area contributed by atoms with E-state index in [0.29, 0.717) is 11.3 Å². The Hall–Kier alpha value is -1.80. The molecule has 0 spiro atoms. The van der Waals surface area contributed by atoms with Gasteiger partial charge in [-0.2, -0.15) is 0 Å². The van der Waals surface area contributed by atoms with Crippen LogP contribution in [-0.2, 0) is 19.1 Å². The number of nitrogens with two attached hydrogens (primary N) is 1. The Morgan fingerprint density at radius 3 is 2.62 bits per heavy atom. The van der Waals surface area contributed by atoms with Crippen molar-refractivity contribution in [1.82, 2.24) is 4.90 Å². The molecule has 116 valence electrons. The fourth-order valence-electron chi connectivity index (χ4n) is 1.80. The van der Waals surface area contributed by atoms with Crippen LogP contribution >= 0.6 is 11.8 Å². The van der Waals surface area contributed by atoms with Crippen molar-refractivity contribution < 1.29 is 24.2 Å². The summed E-state index contributed by atoms with van der Waals surface area (Å²) in [4.78, 5) is 35.5. The molecule has 21 heavy (non-hydrogen) atoms. The van der Waals surface area contributed by atoms with E-state index in [9.17, 15) is 14.4 Å². The topological polar surface area (TPSA) is 110 Å². The van der Waals surface area contributed by atoms with E-state index in [0.717, 1.165) is 4.90 Å². The Morgan fingerprint density at radius 1 is 1.52 bits per heavy atom. The van der Waals surface area contributed by atoms with Crippen molar-refractivity contribution >= 4 is 29.6 Å². The average Bonchev–Trinajstić information content (AvgIpc) is 2.41. The zero-order chi connectivity index (χ0) is 16.2. The third-order valence-electron chi connectivity index (χ3n) is 2.71. The third kappa shape index (κ3) is 3.85. The molecule has 0 unspecified atom stereocenters. The number of carbonyl (C=O) groups excluding carboxylic acids is 2. The maximum absolute atomic E-state index is 11.8. The maximum atomic E-state index is 11.8. The summed E-state index contributed by atoms with van der Waals surface area (Å²) in [6.45, 7) is 6.63. The lowest BCUT2D eigenvalue weighted by molar-refractivity contribution is -0.184. The first-order valence-electron chi connectivity index (χ1n) is 6.18. The van der Waals surface area contributed by atoms with Gasteiger partial charge in [0, 0.05) is 5.75 Å². The lowest BCUT2D eigenvalue weighted by Crippen LogP contribution is -2.70. The molecule has 0 aliphatic carbocycles. The van der Waals surface area contributed by atoms with Crippen LogP contribution in [0.3, 0.4) is 0 Å². The van der Waals surface area contributed by atoms with Gasteiger partial charge in [-0.25, -0.2) is 4.79 Å². The van der Waals surface area contributed by atoms with Gasteiger partial charge in [-0.1, -0.05) is 6.08 Å². The van der Waals surface area contributed by atoms with E-state index in [1.165, 1.54) is 11.8 Å². The molecule has 1 amide bonds. The molecular weight excluding hydrogens is 296 g/mol. The molecule has 0 aromatic carbocycles. The second-order valence-corrected chi connectivity index (χ2v) is 5.60. The zero-order valence-electron chi connectivity index (χ0n) is 11.9. The van der Waals surface area contributed by atoms with Crippen LogP contribution in [0.15, 0.2) is 23.9 Å². The Morgan fingerprint density at radius 2 is 2.14 bits per heavy atom. The SMILES string of the molecule is C=CCSCC(=O)O[C@@H]1[C@H](N)C(=O)N1C(C(=O)O)=C(C)C. The van der Waals surface area contributed by atoms with Crippen LogP contribution in [0.25, 0.3) is 0 Å². The van der Waals surface area contributed by atoms with Crippen LogP contribution in [0.2, 0.25) is 0 Å². The van der Waals surface area contributed by atoms with Crippen LogP contribution in [0.4, 0.5) is 0 Å². The second-order valence-electron chi connectivity index (χ2n) is 4.57. The van der Waals surface area contributed by atoms with Gasteiger partial charge in [0.15, 0.2) is 0 Å². The Kier molecular flexibility index (Phi) is 5.98. The van der Waals surface area contributed by atoms with Gasteiger partial charge in [0.25, 0.3) is 5.91 Å². The molecule has 0 aromatic heterocycles. The predicted molar refractivity (Wildman–Crippen MR) is 78.2 cm³/mol. The van der Waals surface area contributed by atoms with Gasteiger partial charge in [-0.15, -0.1) is 18.3 Å². The number of β-lactam (4-membered cyclic amide) rings is 1. The van der Waals surface area contributed by atoms with E-state index >= 15 is 0 Å². The van der Waals surface area contributed by atoms with E-state index in [1.807, 2.05) is 0 Å². The average molecular weight is 314 g/mol. The van der Waals surface area contributed by atoms with Gasteiger partial charge in [-0.05, 0) is 19.4 Å². The summed E-state index contributed by atoms with van der Waals surface area (Å²) in [5, 5.41) is 9.16. The summed E-state index contributed by atoms with van der Waals surface area (Å²) in [5.74, 6) is -1.74. The highest BCUT2D eigenvalue weighted by atomic mass is 32.2. The van der Waals surface area contributed by atoms with Crippen LogP contribution in [0.5, 0.6) is 0 Å². The van der Waals surface area contributed by atoms with E-state index < -0.39 is 30.1 Å². The van der Waals surface area contributed by atoms with Gasteiger partial charge < -0.3 is 15.6 Å². The number of ether oxygens (including phenoxy) is 1. The normalized spacial score (nSPS) is 20.5. The number of carboxylic acids is 1. The van der Waals surface area contributed by atoms with E-state index in [4.69, 9.17) is 15.6 Å². The second kappa shape index (κ2) is 7.28. The van der Waals surface area contributed by atoms with Gasteiger partial charge in [0.2, 0.25) is 6.23 Å². The number of carboxylic acid groups (broad SMARTS) is 1. The molecule has 0 bridgehead atoms. The summed E-state index contributed by atoms with van der Waals surface area (Å²) in [7, 11) is 0. The summed E-state index contributed by atoms with van der Waals surface area (Å²) < 4.78 is 5.10. The molecular formula is C13H18N2O5S. The van der Waals surface area contributed by atoms with Gasteiger partial charge in [0.05, 0.1) is 5.75 Å². The number of rotatable bonds is 7. The molecule has 1 saturated heterocycles. The van der Waals surface area contributed by atoms with Crippen LogP contribution in [0.1, 0.15) is 13.8 Å². The van der Waals surface area contributed by atoms with Crippen molar-refractivity contribution in [3.05, 3.63) is 23.9 Å². The van der Waals surface area contributed by atoms with Crippen molar-refractivity contribution in [3.63, 3.8) is 0 Å². The first-order chi connectivity index (χ1) is 9.81. The summed E-state index contributed by atoms with van der Waals surface area (Å²) in [5.41, 5.74) is 5.80. The molecule has 0 aromatic rings. The number of esters is 1. The molecule has 1 aliphatic rings. The Bertz CT molecular complexity index is 499. The molecule has 1 rings (SSSR count). The quantitative estimate of drug-likeness (QED) is 0.229. The number of carbonyl (C=O) groups is 3. The predicted octanol–water partition coefficient (Wildman–Crippen LogP) is 0.323. The monoisotopic (exact) mass is 314 g/mol. The molecule has 2 atom stereocenters. The van der Waals surface area contributed by atoms with Crippen LogP contribution in [-0.4, -0.2) is 51.6 Å². The Balaban J connectivity index is 2.79. The zero-order valence-corrected chi connectivity index (χ0v) is 12.7. The maximum Gasteiger partial charge on any atom is 0.352 e. The minimum absolute atomic E-state index is 0.0779. The van der Waals surface area contributed by atoms with Crippen molar-refractivity contribution in [2.24, 2.45) is 5.73 Å². The number of aliphatic carboxylic acids is 1. The number of amides is 1. The molecule has 3 N–H and O–H groups in total. The van der Waals surface area contributed by atoms with E-state index in [2.05, 4.69) is 6.58 Å². The number of thioether (sulfide) groups is 1. The van der Waals surface area contributed by atoms with Crippen molar-refractivity contribution in [1.29, 1.82) is 0 Å². The molecule has 7 nitrogen and oxygen atoms in total. The van der Waals surface area contributed by atoms with Gasteiger partial charge >= 0.3 is 11.9 Å². The first-order valence-corrected chi connectivity index (χ1v) is 7.34. The highest BCUT2D eigenvalue weighted by Crippen LogP contribution is 2.27. The molecule has 1 fully saturated rings. The molecule has 0 radical (unpaired) electrons. The molecule has 0 saturated carbocycles. The van der Waals surface area contributed by atoms with Gasteiger partial charge in [0.1, 0.15) is 11.7 Å². The highest BCUT2D eigenvalue weighted by molar-refractivity contribution is 8.00. The smallest absolute Gasteiger partial charge is 0.352 e. The standard InChI is InChI=1S/C13H18N2O5S/c1-4-5-21-6-8(16)20-12-9(14)11(17)15(12)10(7(2)3)13(18)19/h4,9,12H,1,5-6,14H2,2-3H3,(H,18,19)/t9-,12-/m1/s1. The summed E-state index contributed by atoms with van der Waals surface area (Å²) >= 11 is 1.30. The number of allylic oxidation sites excluding steroid dienone is 1. The van der Waals surface area contributed by atoms with Crippen molar-refractivity contribution in [2.45, 2.75) is 26.1 Å². The number of likely N-dealkylation sites (tertiary alicyclic amines) is 1. The van der Waals surface area contributed by atoms with Crippen molar-refractivity contribution in [3.8, 4) is 0 Å². The minimum Gasteiger partial charge on any atom is -0.477 e. The fraction of sp³-hybridized carbons (Fsp3) is 0.462. The van der Waals surface area contributed by atoms with Crippen LogP contribution < -0.4 is 5.73 Å². The lowest BCUT2D eigenvalue weighted by Gasteiger charge is -2.44. The molecule has 1 aliphatic heterocycles. The first kappa shape index (κ1) is 17.3. The minimum atomic E-state index is -1.27. The third-order valence-corrected chi connectivity index (χ3v) is 3.62. The summed E-state index contributed by atoms with van der Waals surface area (Å²) in [6.07, 6.45) is 0.574. The number of hydrogen-bond donors (Lipinski definition) is 2. The van der Waals surface area contributed by atoms with Gasteiger partial charge in [-0.3, -0.25) is 14.5 Å². The van der Waals surface area contributed by atoms with Crippen molar-refractivity contribution in [2.75, 3.05) is 11.5 Å². The van der Waals surface area contributed by atoms with E-state index in [-0.39, 0.29) is 11.4 Å². The van der Waals surface area contributed by atoms with Crippen LogP contribution in [0, 0.1) is 0 Å². The number of hydrogen-bond acceptors (Lipinski definition) is 6. The molecule has 8 heteroatoms. The largest absolute Gasteiger partial charge is 0.477 e.